The van der Waals surface area contributed by atoms with Crippen LogP contribution in [0, 0.1) is 11.8 Å². The van der Waals surface area contributed by atoms with Gasteiger partial charge >= 0.3 is 0 Å². The average Bonchev–Trinajstić information content (AvgIpc) is 3.75. The van der Waals surface area contributed by atoms with Crippen molar-refractivity contribution in [1.82, 2.24) is 16.0 Å². The SMILES string of the molecule is CC(C)C[C@H](NC(=O)[C@H](Cc1ccccc1)NC(=O)CC(NC(=O)C1CCOCC1)c1ccccc1)C(=O)[C@@]1(C)CO1. The number of amides is 3. The van der Waals surface area contributed by atoms with Gasteiger partial charge < -0.3 is 25.4 Å². The van der Waals surface area contributed by atoms with Gasteiger partial charge in [-0.15, -0.1) is 0 Å². The van der Waals surface area contributed by atoms with Crippen molar-refractivity contribution in [2.45, 2.75) is 76.6 Å². The third-order valence-corrected chi connectivity index (χ3v) is 7.87. The Hall–Kier alpha value is -3.56. The molecule has 3 amide bonds. The first-order valence-electron chi connectivity index (χ1n) is 14.9. The van der Waals surface area contributed by atoms with Crippen molar-refractivity contribution in [3.05, 3.63) is 71.8 Å². The zero-order valence-corrected chi connectivity index (χ0v) is 24.8. The van der Waals surface area contributed by atoms with Crippen LogP contribution in [0.4, 0.5) is 0 Å². The van der Waals surface area contributed by atoms with Gasteiger partial charge in [-0.2, -0.15) is 0 Å². The number of hydrogen-bond acceptors (Lipinski definition) is 6. The Bertz CT molecular complexity index is 1210. The highest BCUT2D eigenvalue weighted by molar-refractivity contribution is 5.98. The van der Waals surface area contributed by atoms with E-state index in [4.69, 9.17) is 9.47 Å². The Morgan fingerprint density at radius 3 is 2.10 bits per heavy atom. The van der Waals surface area contributed by atoms with E-state index in [1.165, 1.54) is 0 Å². The van der Waals surface area contributed by atoms with Crippen LogP contribution >= 0.6 is 0 Å². The highest BCUT2D eigenvalue weighted by Crippen LogP contribution is 2.30. The summed E-state index contributed by atoms with van der Waals surface area (Å²) in [6.45, 7) is 7.12. The summed E-state index contributed by atoms with van der Waals surface area (Å²) in [4.78, 5) is 53.4. The Morgan fingerprint density at radius 1 is 0.881 bits per heavy atom. The number of nitrogens with one attached hydrogen (secondary N) is 3. The molecular formula is C33H43N3O6. The number of benzene rings is 2. The van der Waals surface area contributed by atoms with Crippen molar-refractivity contribution >= 4 is 23.5 Å². The molecule has 2 saturated heterocycles. The summed E-state index contributed by atoms with van der Waals surface area (Å²) in [6.07, 6.45) is 1.94. The normalized spacial score (nSPS) is 20.7. The first-order chi connectivity index (χ1) is 20.1. The van der Waals surface area contributed by atoms with Gasteiger partial charge in [0, 0.05) is 25.6 Å². The molecule has 3 N–H and O–H groups in total. The van der Waals surface area contributed by atoms with Crippen LogP contribution < -0.4 is 16.0 Å². The Kier molecular flexibility index (Phi) is 10.9. The zero-order valence-electron chi connectivity index (χ0n) is 24.8. The van der Waals surface area contributed by atoms with Crippen LogP contribution in [0.2, 0.25) is 0 Å². The number of hydrogen-bond donors (Lipinski definition) is 3. The van der Waals surface area contributed by atoms with Gasteiger partial charge in [0.1, 0.15) is 11.6 Å². The minimum atomic E-state index is -0.919. The van der Waals surface area contributed by atoms with Crippen LogP contribution in [0.25, 0.3) is 0 Å². The van der Waals surface area contributed by atoms with Gasteiger partial charge in [0.25, 0.3) is 0 Å². The van der Waals surface area contributed by atoms with Gasteiger partial charge in [0.05, 0.1) is 25.1 Å². The van der Waals surface area contributed by atoms with Gasteiger partial charge in [-0.3, -0.25) is 19.2 Å². The molecule has 4 rings (SSSR count). The monoisotopic (exact) mass is 577 g/mol. The molecule has 0 saturated carbocycles. The summed E-state index contributed by atoms with van der Waals surface area (Å²) in [5, 5.41) is 8.89. The Balaban J connectivity index is 1.49. The molecule has 42 heavy (non-hydrogen) atoms. The predicted octanol–water partition coefficient (Wildman–Crippen LogP) is 3.28. The highest BCUT2D eigenvalue weighted by atomic mass is 16.6. The lowest BCUT2D eigenvalue weighted by Crippen LogP contribution is -2.54. The van der Waals surface area contributed by atoms with Gasteiger partial charge in [-0.1, -0.05) is 74.5 Å². The minimum absolute atomic E-state index is 0.0438. The number of epoxide rings is 1. The van der Waals surface area contributed by atoms with Crippen molar-refractivity contribution in [2.75, 3.05) is 19.8 Å². The third kappa shape index (κ3) is 8.97. The molecule has 9 nitrogen and oxygen atoms in total. The standard InChI is InChI=1S/C33H43N3O6/c1-22(2)18-27(30(38)33(3)21-42-33)36-32(40)28(19-23-10-6-4-7-11-23)34-29(37)20-26(24-12-8-5-9-13-24)35-31(39)25-14-16-41-17-15-25/h4-13,22,25-28H,14-21H2,1-3H3,(H,34,37)(H,35,39)(H,36,40)/t26?,27-,28-,33+/m0/s1. The van der Waals surface area contributed by atoms with Crippen molar-refractivity contribution in [1.29, 1.82) is 0 Å². The summed E-state index contributed by atoms with van der Waals surface area (Å²) in [5.41, 5.74) is 0.795. The lowest BCUT2D eigenvalue weighted by Gasteiger charge is -2.27. The summed E-state index contributed by atoms with van der Waals surface area (Å²) < 4.78 is 10.8. The van der Waals surface area contributed by atoms with E-state index in [0.717, 1.165) is 11.1 Å². The van der Waals surface area contributed by atoms with Crippen LogP contribution in [0.15, 0.2) is 60.7 Å². The van der Waals surface area contributed by atoms with E-state index in [0.29, 0.717) is 39.1 Å². The molecule has 0 spiro atoms. The van der Waals surface area contributed by atoms with E-state index in [1.807, 2.05) is 74.5 Å². The number of carbonyl (C=O) groups excluding carboxylic acids is 4. The number of Topliss-reactive ketones (excluding diaryl/α,β-unsaturated/α-hetero) is 1. The van der Waals surface area contributed by atoms with Crippen LogP contribution in [0.1, 0.15) is 63.6 Å². The summed E-state index contributed by atoms with van der Waals surface area (Å²) in [7, 11) is 0. The molecule has 1 unspecified atom stereocenters. The molecule has 0 radical (unpaired) electrons. The van der Waals surface area contributed by atoms with Crippen LogP contribution in [0.3, 0.4) is 0 Å². The molecule has 0 aromatic heterocycles. The minimum Gasteiger partial charge on any atom is -0.381 e. The maximum absolute atomic E-state index is 13.7. The third-order valence-electron chi connectivity index (χ3n) is 7.87. The fourth-order valence-electron chi connectivity index (χ4n) is 5.28. The van der Waals surface area contributed by atoms with E-state index in [1.54, 1.807) is 6.92 Å². The summed E-state index contributed by atoms with van der Waals surface area (Å²) in [5.74, 6) is -1.08. The summed E-state index contributed by atoms with van der Waals surface area (Å²) >= 11 is 0. The fraction of sp³-hybridized carbons (Fsp3) is 0.515. The van der Waals surface area contributed by atoms with E-state index in [9.17, 15) is 19.2 Å². The molecule has 226 valence electrons. The second-order valence-corrected chi connectivity index (χ2v) is 11.9. The highest BCUT2D eigenvalue weighted by Gasteiger charge is 2.50. The molecule has 2 heterocycles. The molecule has 2 aromatic carbocycles. The van der Waals surface area contributed by atoms with E-state index >= 15 is 0 Å². The molecule has 2 aromatic rings. The lowest BCUT2D eigenvalue weighted by molar-refractivity contribution is -0.133. The van der Waals surface area contributed by atoms with E-state index in [2.05, 4.69) is 16.0 Å². The molecule has 2 aliphatic heterocycles. The predicted molar refractivity (Wildman–Crippen MR) is 158 cm³/mol. The van der Waals surface area contributed by atoms with Crippen molar-refractivity contribution in [2.24, 2.45) is 11.8 Å². The molecule has 0 aliphatic carbocycles. The molecule has 2 aliphatic rings. The molecule has 9 heteroatoms. The van der Waals surface area contributed by atoms with Crippen molar-refractivity contribution in [3.8, 4) is 0 Å². The van der Waals surface area contributed by atoms with Gasteiger partial charge in [-0.25, -0.2) is 0 Å². The van der Waals surface area contributed by atoms with Crippen LogP contribution in [0.5, 0.6) is 0 Å². The second kappa shape index (κ2) is 14.6. The van der Waals surface area contributed by atoms with Crippen LogP contribution in [-0.4, -0.2) is 61.0 Å². The fourth-order valence-corrected chi connectivity index (χ4v) is 5.28. The quantitative estimate of drug-likeness (QED) is 0.296. The number of rotatable bonds is 14. The summed E-state index contributed by atoms with van der Waals surface area (Å²) in [6, 6.07) is 16.6. The first-order valence-corrected chi connectivity index (χ1v) is 14.9. The number of ketones is 1. The maximum atomic E-state index is 13.7. The number of carbonyl (C=O) groups is 4. The van der Waals surface area contributed by atoms with Gasteiger partial charge in [0.2, 0.25) is 17.7 Å². The maximum Gasteiger partial charge on any atom is 0.243 e. The molecule has 2 fully saturated rings. The number of ether oxygens (including phenoxy) is 2. The van der Waals surface area contributed by atoms with Crippen LogP contribution in [-0.2, 0) is 35.1 Å². The second-order valence-electron chi connectivity index (χ2n) is 11.9. The van der Waals surface area contributed by atoms with Crippen molar-refractivity contribution in [3.63, 3.8) is 0 Å². The average molecular weight is 578 g/mol. The molecular weight excluding hydrogens is 534 g/mol. The largest absolute Gasteiger partial charge is 0.381 e. The van der Waals surface area contributed by atoms with E-state index in [-0.39, 0.29) is 42.3 Å². The zero-order chi connectivity index (χ0) is 30.1. The first kappa shape index (κ1) is 31.4. The van der Waals surface area contributed by atoms with Crippen molar-refractivity contribution < 1.29 is 28.7 Å². The van der Waals surface area contributed by atoms with E-state index < -0.39 is 29.6 Å². The smallest absolute Gasteiger partial charge is 0.243 e. The molecule has 0 bridgehead atoms. The lowest BCUT2D eigenvalue weighted by atomic mass is 9.93. The van der Waals surface area contributed by atoms with Gasteiger partial charge in [-0.05, 0) is 43.2 Å². The topological polar surface area (TPSA) is 126 Å². The van der Waals surface area contributed by atoms with Gasteiger partial charge in [0.15, 0.2) is 5.78 Å². The Morgan fingerprint density at radius 2 is 1.50 bits per heavy atom. The Labute approximate surface area is 248 Å². The molecule has 4 atom stereocenters.